The molecule has 0 aliphatic heterocycles. The van der Waals surface area contributed by atoms with Gasteiger partial charge in [0.05, 0.1) is 5.69 Å². The second-order valence-corrected chi connectivity index (χ2v) is 3.62. The summed E-state index contributed by atoms with van der Waals surface area (Å²) in [6, 6.07) is 3.41. The molecular formula is C12H13N3O. The van der Waals surface area contributed by atoms with E-state index in [0.29, 0.717) is 17.9 Å². The number of hydrogen-bond acceptors (Lipinski definition) is 3. The van der Waals surface area contributed by atoms with Crippen molar-refractivity contribution in [1.82, 2.24) is 15.0 Å². The topological polar surface area (TPSA) is 58.6 Å². The quantitative estimate of drug-likeness (QED) is 0.829. The Kier molecular flexibility index (Phi) is 2.81. The van der Waals surface area contributed by atoms with Gasteiger partial charge in [-0.05, 0) is 18.6 Å². The zero-order valence-corrected chi connectivity index (χ0v) is 9.32. The van der Waals surface area contributed by atoms with E-state index >= 15 is 0 Å². The molecule has 2 aromatic heterocycles. The van der Waals surface area contributed by atoms with Crippen molar-refractivity contribution in [2.75, 3.05) is 0 Å². The van der Waals surface area contributed by atoms with Crippen LogP contribution in [0.1, 0.15) is 18.3 Å². The SMILES string of the molecule is CCc1nc(-c2cnccc2C)cc(=O)[nH]1. The van der Waals surface area contributed by atoms with Crippen LogP contribution in [0.4, 0.5) is 0 Å². The third kappa shape index (κ3) is 2.00. The van der Waals surface area contributed by atoms with Crippen LogP contribution in [0.2, 0.25) is 0 Å². The summed E-state index contributed by atoms with van der Waals surface area (Å²) in [5.74, 6) is 0.700. The van der Waals surface area contributed by atoms with Crippen LogP contribution >= 0.6 is 0 Å². The summed E-state index contributed by atoms with van der Waals surface area (Å²) in [5, 5.41) is 0. The van der Waals surface area contributed by atoms with Gasteiger partial charge in [0.25, 0.3) is 5.56 Å². The first kappa shape index (κ1) is 10.5. The minimum absolute atomic E-state index is 0.120. The van der Waals surface area contributed by atoms with Gasteiger partial charge in [0.1, 0.15) is 5.82 Å². The number of nitrogens with one attached hydrogen (secondary N) is 1. The van der Waals surface area contributed by atoms with E-state index in [1.165, 1.54) is 6.07 Å². The molecule has 0 aliphatic rings. The molecule has 2 aromatic rings. The summed E-state index contributed by atoms with van der Waals surface area (Å²) in [4.78, 5) is 22.6. The van der Waals surface area contributed by atoms with Crippen molar-refractivity contribution in [3.05, 3.63) is 46.3 Å². The fourth-order valence-electron chi connectivity index (χ4n) is 1.55. The van der Waals surface area contributed by atoms with Gasteiger partial charge in [-0.2, -0.15) is 0 Å². The van der Waals surface area contributed by atoms with Gasteiger partial charge < -0.3 is 4.98 Å². The largest absolute Gasteiger partial charge is 0.311 e. The molecule has 82 valence electrons. The van der Waals surface area contributed by atoms with Crippen LogP contribution in [-0.2, 0) is 6.42 Å². The number of rotatable bonds is 2. The molecule has 0 atom stereocenters. The maximum Gasteiger partial charge on any atom is 0.251 e. The first-order valence-electron chi connectivity index (χ1n) is 5.22. The lowest BCUT2D eigenvalue weighted by Crippen LogP contribution is -2.10. The van der Waals surface area contributed by atoms with E-state index in [1.54, 1.807) is 12.4 Å². The monoisotopic (exact) mass is 215 g/mol. The Balaban J connectivity index is 2.60. The molecule has 0 unspecified atom stereocenters. The molecule has 0 amide bonds. The molecule has 0 spiro atoms. The molecule has 16 heavy (non-hydrogen) atoms. The third-order valence-electron chi connectivity index (χ3n) is 2.44. The van der Waals surface area contributed by atoms with Gasteiger partial charge in [0, 0.05) is 30.4 Å². The molecule has 4 nitrogen and oxygen atoms in total. The number of aromatic amines is 1. The molecule has 0 fully saturated rings. The van der Waals surface area contributed by atoms with Crippen molar-refractivity contribution < 1.29 is 0 Å². The molecular weight excluding hydrogens is 202 g/mol. The molecule has 4 heteroatoms. The van der Waals surface area contributed by atoms with Gasteiger partial charge >= 0.3 is 0 Å². The summed E-state index contributed by atoms with van der Waals surface area (Å²) in [6.07, 6.45) is 4.17. The van der Waals surface area contributed by atoms with Gasteiger partial charge in [0.2, 0.25) is 0 Å². The van der Waals surface area contributed by atoms with Crippen LogP contribution in [0.3, 0.4) is 0 Å². The lowest BCUT2D eigenvalue weighted by atomic mass is 10.1. The lowest BCUT2D eigenvalue weighted by molar-refractivity contribution is 0.923. The predicted octanol–water partition coefficient (Wildman–Crippen LogP) is 1.70. The Hall–Kier alpha value is -1.97. The van der Waals surface area contributed by atoms with Crippen molar-refractivity contribution in [2.24, 2.45) is 0 Å². The van der Waals surface area contributed by atoms with Crippen LogP contribution in [0.5, 0.6) is 0 Å². The average molecular weight is 215 g/mol. The van der Waals surface area contributed by atoms with E-state index in [9.17, 15) is 4.79 Å². The molecule has 2 rings (SSSR count). The average Bonchev–Trinajstić information content (AvgIpc) is 2.28. The fourth-order valence-corrected chi connectivity index (χ4v) is 1.55. The van der Waals surface area contributed by atoms with Gasteiger partial charge in [-0.1, -0.05) is 6.92 Å². The normalized spacial score (nSPS) is 10.4. The zero-order chi connectivity index (χ0) is 11.5. The first-order valence-corrected chi connectivity index (χ1v) is 5.22. The van der Waals surface area contributed by atoms with E-state index in [-0.39, 0.29) is 5.56 Å². The number of nitrogens with zero attached hydrogens (tertiary/aromatic N) is 2. The van der Waals surface area contributed by atoms with Crippen LogP contribution < -0.4 is 5.56 Å². The minimum atomic E-state index is -0.120. The standard InChI is InChI=1S/C12H13N3O/c1-3-11-14-10(6-12(16)15-11)9-7-13-5-4-8(9)2/h4-7H,3H2,1-2H3,(H,14,15,16). The van der Waals surface area contributed by atoms with E-state index in [2.05, 4.69) is 15.0 Å². The number of pyridine rings is 1. The van der Waals surface area contributed by atoms with Gasteiger partial charge in [-0.15, -0.1) is 0 Å². The molecule has 0 radical (unpaired) electrons. The van der Waals surface area contributed by atoms with Crippen molar-refractivity contribution in [3.8, 4) is 11.3 Å². The van der Waals surface area contributed by atoms with Gasteiger partial charge in [-0.3, -0.25) is 9.78 Å². The maximum absolute atomic E-state index is 11.4. The Bertz CT molecular complexity index is 560. The summed E-state index contributed by atoms with van der Waals surface area (Å²) < 4.78 is 0. The van der Waals surface area contributed by atoms with Crippen molar-refractivity contribution in [3.63, 3.8) is 0 Å². The highest BCUT2D eigenvalue weighted by atomic mass is 16.1. The van der Waals surface area contributed by atoms with E-state index in [1.807, 2.05) is 19.9 Å². The number of aromatic nitrogens is 3. The highest BCUT2D eigenvalue weighted by molar-refractivity contribution is 5.61. The summed E-state index contributed by atoms with van der Waals surface area (Å²) >= 11 is 0. The minimum Gasteiger partial charge on any atom is -0.311 e. The van der Waals surface area contributed by atoms with Crippen LogP contribution in [-0.4, -0.2) is 15.0 Å². The number of aryl methyl sites for hydroxylation is 2. The second-order valence-electron chi connectivity index (χ2n) is 3.62. The smallest absolute Gasteiger partial charge is 0.251 e. The van der Waals surface area contributed by atoms with Gasteiger partial charge in [-0.25, -0.2) is 4.98 Å². The van der Waals surface area contributed by atoms with Crippen LogP contribution in [0, 0.1) is 6.92 Å². The van der Waals surface area contributed by atoms with E-state index in [0.717, 1.165) is 11.1 Å². The summed E-state index contributed by atoms with van der Waals surface area (Å²) in [5.41, 5.74) is 2.54. The molecule has 0 saturated heterocycles. The Morgan fingerprint density at radius 3 is 2.94 bits per heavy atom. The fraction of sp³-hybridized carbons (Fsp3) is 0.250. The lowest BCUT2D eigenvalue weighted by Gasteiger charge is -2.05. The Morgan fingerprint density at radius 1 is 1.44 bits per heavy atom. The van der Waals surface area contributed by atoms with Crippen molar-refractivity contribution >= 4 is 0 Å². The highest BCUT2D eigenvalue weighted by Gasteiger charge is 2.05. The number of hydrogen-bond donors (Lipinski definition) is 1. The molecule has 0 aliphatic carbocycles. The third-order valence-corrected chi connectivity index (χ3v) is 2.44. The molecule has 0 aromatic carbocycles. The highest BCUT2D eigenvalue weighted by Crippen LogP contribution is 2.18. The molecule has 1 N–H and O–H groups in total. The Labute approximate surface area is 93.4 Å². The molecule has 0 bridgehead atoms. The second kappa shape index (κ2) is 4.26. The van der Waals surface area contributed by atoms with Crippen LogP contribution in [0.25, 0.3) is 11.3 Å². The zero-order valence-electron chi connectivity index (χ0n) is 9.32. The van der Waals surface area contributed by atoms with Crippen molar-refractivity contribution in [1.29, 1.82) is 0 Å². The van der Waals surface area contributed by atoms with E-state index < -0.39 is 0 Å². The molecule has 2 heterocycles. The van der Waals surface area contributed by atoms with Crippen LogP contribution in [0.15, 0.2) is 29.3 Å². The van der Waals surface area contributed by atoms with Gasteiger partial charge in [0.15, 0.2) is 0 Å². The number of H-pyrrole nitrogens is 1. The first-order chi connectivity index (χ1) is 7.70. The van der Waals surface area contributed by atoms with E-state index in [4.69, 9.17) is 0 Å². The molecule has 0 saturated carbocycles. The predicted molar refractivity (Wildman–Crippen MR) is 62.2 cm³/mol. The summed E-state index contributed by atoms with van der Waals surface area (Å²) in [6.45, 7) is 3.93. The Morgan fingerprint density at radius 2 is 2.25 bits per heavy atom. The summed E-state index contributed by atoms with van der Waals surface area (Å²) in [7, 11) is 0. The maximum atomic E-state index is 11.4. The van der Waals surface area contributed by atoms with Crippen molar-refractivity contribution in [2.45, 2.75) is 20.3 Å².